The number of carbonyl (C=O) groups excluding carboxylic acids is 2. The van der Waals surface area contributed by atoms with Gasteiger partial charge in [-0.05, 0) is 41.3 Å². The maximum absolute atomic E-state index is 13.0. The number of rotatable bonds is 5. The number of esters is 1. The summed E-state index contributed by atoms with van der Waals surface area (Å²) in [5, 5.41) is 3.61. The van der Waals surface area contributed by atoms with Gasteiger partial charge in [0.1, 0.15) is 11.5 Å². The van der Waals surface area contributed by atoms with Crippen molar-refractivity contribution in [1.29, 1.82) is 0 Å². The highest BCUT2D eigenvalue weighted by Crippen LogP contribution is 2.30. The van der Waals surface area contributed by atoms with Crippen molar-refractivity contribution >= 4 is 28.3 Å². The summed E-state index contributed by atoms with van der Waals surface area (Å²) in [4.78, 5) is 38.1. The molecule has 1 amide bonds. The highest BCUT2D eigenvalue weighted by Gasteiger charge is 2.23. The predicted molar refractivity (Wildman–Crippen MR) is 120 cm³/mol. The Morgan fingerprint density at radius 2 is 1.53 bits per heavy atom. The first-order valence-electron chi connectivity index (χ1n) is 9.85. The third-order valence-electron chi connectivity index (χ3n) is 5.02. The van der Waals surface area contributed by atoms with Crippen LogP contribution in [0.5, 0.6) is 0 Å². The Kier molecular flexibility index (Phi) is 5.81. The molecular weight excluding hydrogens is 411 g/mol. The average Bonchev–Trinajstić information content (AvgIpc) is 2.81. The van der Waals surface area contributed by atoms with Crippen molar-refractivity contribution in [3.63, 3.8) is 0 Å². The summed E-state index contributed by atoms with van der Waals surface area (Å²) in [7, 11) is 1.50. The van der Waals surface area contributed by atoms with Crippen molar-refractivity contribution in [1.82, 2.24) is 4.57 Å². The van der Waals surface area contributed by atoms with Gasteiger partial charge in [0.05, 0.1) is 0 Å². The highest BCUT2D eigenvalue weighted by atomic mass is 19.1. The van der Waals surface area contributed by atoms with E-state index in [1.165, 1.54) is 35.9 Å². The standard InChI is InChI=1S/C25H19FN2O4/c1-28-23(25(31)32-15-21(29)27-18-13-11-17(26)12-14-18)22(16-7-3-2-4-8-16)19-9-5-6-10-20(19)24(28)30/h2-14H,15H2,1H3,(H,27,29). The third kappa shape index (κ3) is 4.13. The van der Waals surface area contributed by atoms with Crippen molar-refractivity contribution < 1.29 is 18.7 Å². The lowest BCUT2D eigenvalue weighted by atomic mass is 9.97. The van der Waals surface area contributed by atoms with Gasteiger partial charge in [-0.1, -0.05) is 48.5 Å². The highest BCUT2D eigenvalue weighted by molar-refractivity contribution is 6.07. The lowest BCUT2D eigenvalue weighted by molar-refractivity contribution is -0.119. The molecule has 4 rings (SSSR count). The van der Waals surface area contributed by atoms with E-state index in [4.69, 9.17) is 4.74 Å². The maximum Gasteiger partial charge on any atom is 0.356 e. The largest absolute Gasteiger partial charge is 0.451 e. The molecule has 3 aromatic carbocycles. The van der Waals surface area contributed by atoms with Gasteiger partial charge >= 0.3 is 5.97 Å². The topological polar surface area (TPSA) is 77.4 Å². The van der Waals surface area contributed by atoms with Crippen molar-refractivity contribution in [2.45, 2.75) is 0 Å². The van der Waals surface area contributed by atoms with E-state index in [1.54, 1.807) is 24.3 Å². The molecule has 1 N–H and O–H groups in total. The van der Waals surface area contributed by atoms with Gasteiger partial charge in [0.25, 0.3) is 11.5 Å². The van der Waals surface area contributed by atoms with Gasteiger partial charge in [-0.2, -0.15) is 0 Å². The van der Waals surface area contributed by atoms with Crippen LogP contribution in [0.4, 0.5) is 10.1 Å². The Balaban J connectivity index is 1.68. The van der Waals surface area contributed by atoms with Gasteiger partial charge in [0.2, 0.25) is 0 Å². The fourth-order valence-corrected chi connectivity index (χ4v) is 3.53. The molecule has 0 atom stereocenters. The summed E-state index contributed by atoms with van der Waals surface area (Å²) < 4.78 is 19.5. The molecule has 6 nitrogen and oxygen atoms in total. The molecule has 1 aromatic heterocycles. The zero-order valence-electron chi connectivity index (χ0n) is 17.2. The number of fused-ring (bicyclic) bond motifs is 1. The molecule has 4 aromatic rings. The van der Waals surface area contributed by atoms with Crippen LogP contribution in [-0.2, 0) is 16.6 Å². The van der Waals surface area contributed by atoms with Crippen LogP contribution in [0.2, 0.25) is 0 Å². The Morgan fingerprint density at radius 3 is 2.22 bits per heavy atom. The van der Waals surface area contributed by atoms with Crippen LogP contribution in [0.3, 0.4) is 0 Å². The molecule has 0 aliphatic heterocycles. The summed E-state index contributed by atoms with van der Waals surface area (Å²) in [6.45, 7) is -0.564. The van der Waals surface area contributed by atoms with Crippen LogP contribution >= 0.6 is 0 Å². The summed E-state index contributed by atoms with van der Waals surface area (Å²) in [6, 6.07) is 21.4. The second-order valence-corrected chi connectivity index (χ2v) is 7.13. The van der Waals surface area contributed by atoms with Crippen molar-refractivity contribution in [2.75, 3.05) is 11.9 Å². The molecule has 0 aliphatic carbocycles. The quantitative estimate of drug-likeness (QED) is 0.483. The minimum atomic E-state index is -0.802. The second kappa shape index (κ2) is 8.85. The molecule has 0 saturated carbocycles. The van der Waals surface area contributed by atoms with E-state index >= 15 is 0 Å². The van der Waals surface area contributed by atoms with Gasteiger partial charge in [-0.3, -0.25) is 9.59 Å². The zero-order chi connectivity index (χ0) is 22.7. The number of ether oxygens (including phenoxy) is 1. The van der Waals surface area contributed by atoms with E-state index in [0.717, 1.165) is 5.56 Å². The van der Waals surface area contributed by atoms with Crippen LogP contribution in [0.1, 0.15) is 10.5 Å². The SMILES string of the molecule is Cn1c(C(=O)OCC(=O)Nc2ccc(F)cc2)c(-c2ccccc2)c2ccccc2c1=O. The molecule has 0 aliphatic rings. The Bertz CT molecular complexity index is 1360. The molecule has 0 fully saturated rings. The Morgan fingerprint density at radius 1 is 0.906 bits per heavy atom. The number of carbonyl (C=O) groups is 2. The van der Waals surface area contributed by atoms with Crippen molar-refractivity contribution in [3.05, 3.63) is 101 Å². The Hall–Kier alpha value is -4.26. The normalized spacial score (nSPS) is 10.7. The summed E-state index contributed by atoms with van der Waals surface area (Å²) in [5.74, 6) is -1.82. The number of nitrogens with one attached hydrogen (secondary N) is 1. The van der Waals surface area contributed by atoms with E-state index in [-0.39, 0.29) is 11.3 Å². The van der Waals surface area contributed by atoms with E-state index in [2.05, 4.69) is 5.32 Å². The smallest absolute Gasteiger partial charge is 0.356 e. The number of anilines is 1. The van der Waals surface area contributed by atoms with Gasteiger partial charge in [-0.15, -0.1) is 0 Å². The molecular formula is C25H19FN2O4. The van der Waals surface area contributed by atoms with Crippen LogP contribution in [0.25, 0.3) is 21.9 Å². The van der Waals surface area contributed by atoms with Gasteiger partial charge < -0.3 is 14.6 Å². The molecule has 0 bridgehead atoms. The molecule has 0 radical (unpaired) electrons. The van der Waals surface area contributed by atoms with Crippen molar-refractivity contribution in [2.24, 2.45) is 7.05 Å². The van der Waals surface area contributed by atoms with Gasteiger partial charge in [-0.25, -0.2) is 9.18 Å². The lowest BCUT2D eigenvalue weighted by Gasteiger charge is -2.16. The lowest BCUT2D eigenvalue weighted by Crippen LogP contribution is -2.28. The molecule has 1 heterocycles. The first-order valence-corrected chi connectivity index (χ1v) is 9.85. The second-order valence-electron chi connectivity index (χ2n) is 7.13. The van der Waals surface area contributed by atoms with E-state index in [1.807, 2.05) is 30.3 Å². The molecule has 0 spiro atoms. The summed E-state index contributed by atoms with van der Waals surface area (Å²) >= 11 is 0. The maximum atomic E-state index is 13.0. The van der Waals surface area contributed by atoms with Crippen LogP contribution in [-0.4, -0.2) is 23.1 Å². The number of halogens is 1. The first-order chi connectivity index (χ1) is 15.5. The fraction of sp³-hybridized carbons (Fsp3) is 0.0800. The van der Waals surface area contributed by atoms with E-state index < -0.39 is 24.3 Å². The average molecular weight is 430 g/mol. The predicted octanol–water partition coefficient (Wildman–Crippen LogP) is 4.14. The number of hydrogen-bond acceptors (Lipinski definition) is 4. The first kappa shape index (κ1) is 21.0. The van der Waals surface area contributed by atoms with Crippen molar-refractivity contribution in [3.8, 4) is 11.1 Å². The minimum absolute atomic E-state index is 0.0504. The monoisotopic (exact) mass is 430 g/mol. The van der Waals surface area contributed by atoms with Gasteiger partial charge in [0, 0.05) is 23.7 Å². The molecule has 32 heavy (non-hydrogen) atoms. The van der Waals surface area contributed by atoms with E-state index in [9.17, 15) is 18.8 Å². The fourth-order valence-electron chi connectivity index (χ4n) is 3.53. The molecule has 0 saturated heterocycles. The van der Waals surface area contributed by atoms with Crippen LogP contribution in [0, 0.1) is 5.82 Å². The zero-order valence-corrected chi connectivity index (χ0v) is 17.2. The number of nitrogens with zero attached hydrogens (tertiary/aromatic N) is 1. The number of aromatic nitrogens is 1. The summed E-state index contributed by atoms with van der Waals surface area (Å²) in [6.07, 6.45) is 0. The molecule has 7 heteroatoms. The number of amides is 1. The number of pyridine rings is 1. The van der Waals surface area contributed by atoms with E-state index in [0.29, 0.717) is 22.0 Å². The number of hydrogen-bond donors (Lipinski definition) is 1. The third-order valence-corrected chi connectivity index (χ3v) is 5.02. The van der Waals surface area contributed by atoms with Crippen LogP contribution in [0.15, 0.2) is 83.7 Å². The van der Waals surface area contributed by atoms with Crippen LogP contribution < -0.4 is 10.9 Å². The number of benzene rings is 3. The molecule has 160 valence electrons. The molecule has 0 unspecified atom stereocenters. The minimum Gasteiger partial charge on any atom is -0.451 e. The Labute approximate surface area is 182 Å². The summed E-state index contributed by atoms with van der Waals surface area (Å²) in [5.41, 5.74) is 1.36. The van der Waals surface area contributed by atoms with Gasteiger partial charge in [0.15, 0.2) is 6.61 Å².